The number of esters is 1. The molecule has 1 unspecified atom stereocenters. The molecule has 0 aliphatic carbocycles. The molecule has 138 valence electrons. The van der Waals surface area contributed by atoms with E-state index < -0.39 is 11.6 Å². The van der Waals surface area contributed by atoms with E-state index in [0.29, 0.717) is 10.0 Å². The first kappa shape index (κ1) is 22.5. The molecule has 1 aromatic carbocycles. The van der Waals surface area contributed by atoms with Crippen LogP contribution in [0, 0.1) is 11.3 Å². The standard InChI is InChI=1S/C17H21Cl2NO3S2/c1-23-16(21)10-17(22,11-20)12-24-7-3-2-4-8-25-15-6-5-13(18)9-14(15)19/h5-6,9,22H,2-4,7-8,10,12H2,1H3. The molecule has 0 saturated carbocycles. The highest BCUT2D eigenvalue weighted by Crippen LogP contribution is 2.30. The molecule has 4 nitrogen and oxygen atoms in total. The molecular weight excluding hydrogens is 401 g/mol. The number of hydrogen-bond acceptors (Lipinski definition) is 6. The van der Waals surface area contributed by atoms with Crippen molar-refractivity contribution in [2.75, 3.05) is 24.4 Å². The number of thioether (sulfide) groups is 2. The average molecular weight is 422 g/mol. The number of ether oxygens (including phenoxy) is 1. The van der Waals surface area contributed by atoms with Crippen molar-refractivity contribution < 1.29 is 14.6 Å². The Balaban J connectivity index is 2.14. The molecule has 0 aromatic heterocycles. The molecule has 0 spiro atoms. The lowest BCUT2D eigenvalue weighted by molar-refractivity contribution is -0.143. The Labute approximate surface area is 167 Å². The summed E-state index contributed by atoms with van der Waals surface area (Å²) in [4.78, 5) is 12.2. The van der Waals surface area contributed by atoms with Gasteiger partial charge in [-0.3, -0.25) is 4.79 Å². The van der Waals surface area contributed by atoms with E-state index in [-0.39, 0.29) is 12.2 Å². The number of nitrogens with zero attached hydrogens (tertiary/aromatic N) is 1. The minimum atomic E-state index is -1.65. The molecule has 0 radical (unpaired) electrons. The van der Waals surface area contributed by atoms with Crippen LogP contribution in [0.4, 0.5) is 0 Å². The third-order valence-electron chi connectivity index (χ3n) is 3.30. The summed E-state index contributed by atoms with van der Waals surface area (Å²) in [6.45, 7) is 0. The highest BCUT2D eigenvalue weighted by molar-refractivity contribution is 7.99. The van der Waals surface area contributed by atoms with Gasteiger partial charge in [0.25, 0.3) is 0 Å². The van der Waals surface area contributed by atoms with Crippen LogP contribution in [0.2, 0.25) is 10.0 Å². The largest absolute Gasteiger partial charge is 0.469 e. The van der Waals surface area contributed by atoms with E-state index in [2.05, 4.69) is 4.74 Å². The van der Waals surface area contributed by atoms with Gasteiger partial charge in [-0.2, -0.15) is 17.0 Å². The maximum atomic E-state index is 11.2. The lowest BCUT2D eigenvalue weighted by Gasteiger charge is -2.18. The van der Waals surface area contributed by atoms with Crippen molar-refractivity contribution in [3.63, 3.8) is 0 Å². The molecule has 0 amide bonds. The quantitative estimate of drug-likeness (QED) is 0.239. The van der Waals surface area contributed by atoms with Crippen molar-refractivity contribution in [3.05, 3.63) is 28.2 Å². The fourth-order valence-corrected chi connectivity index (χ4v) is 4.49. The molecule has 0 heterocycles. The molecule has 1 aromatic rings. The molecule has 1 rings (SSSR count). The fraction of sp³-hybridized carbons (Fsp3) is 0.529. The summed E-state index contributed by atoms with van der Waals surface area (Å²) in [6, 6.07) is 7.29. The number of carbonyl (C=O) groups excluding carboxylic acids is 1. The summed E-state index contributed by atoms with van der Waals surface area (Å²) < 4.78 is 4.49. The van der Waals surface area contributed by atoms with Gasteiger partial charge in [-0.05, 0) is 42.5 Å². The first-order chi connectivity index (χ1) is 11.9. The Kier molecular flexibility index (Phi) is 10.7. The molecule has 8 heteroatoms. The molecule has 0 saturated heterocycles. The van der Waals surface area contributed by atoms with E-state index in [1.165, 1.54) is 18.9 Å². The fourth-order valence-electron chi connectivity index (χ4n) is 1.93. The molecule has 1 atom stereocenters. The van der Waals surface area contributed by atoms with Crippen molar-refractivity contribution in [2.45, 2.75) is 36.2 Å². The number of hydrogen-bond donors (Lipinski definition) is 1. The summed E-state index contributed by atoms with van der Waals surface area (Å²) in [7, 11) is 1.24. The van der Waals surface area contributed by atoms with Crippen LogP contribution in [0.25, 0.3) is 0 Å². The number of carbonyl (C=O) groups is 1. The maximum absolute atomic E-state index is 11.2. The monoisotopic (exact) mass is 421 g/mol. The van der Waals surface area contributed by atoms with Gasteiger partial charge in [-0.1, -0.05) is 29.6 Å². The molecule has 0 aliphatic rings. The average Bonchev–Trinajstić information content (AvgIpc) is 2.58. The van der Waals surface area contributed by atoms with Crippen LogP contribution in [-0.4, -0.2) is 41.0 Å². The number of rotatable bonds is 11. The number of unbranched alkanes of at least 4 members (excludes halogenated alkanes) is 2. The molecule has 0 aliphatic heterocycles. The highest BCUT2D eigenvalue weighted by Gasteiger charge is 2.30. The maximum Gasteiger partial charge on any atom is 0.309 e. The Morgan fingerprint density at radius 1 is 1.32 bits per heavy atom. The van der Waals surface area contributed by atoms with Gasteiger partial charge in [0.2, 0.25) is 0 Å². The number of benzene rings is 1. The second-order valence-corrected chi connectivity index (χ2v) is 8.52. The van der Waals surface area contributed by atoms with Gasteiger partial charge in [0.1, 0.15) is 0 Å². The predicted octanol–water partition coefficient (Wildman–Crippen LogP) is 4.81. The molecule has 1 N–H and O–H groups in total. The van der Waals surface area contributed by atoms with Gasteiger partial charge in [-0.15, -0.1) is 11.8 Å². The molecule has 0 bridgehead atoms. The van der Waals surface area contributed by atoms with E-state index in [9.17, 15) is 9.90 Å². The second-order valence-electron chi connectivity index (χ2n) is 5.43. The molecule has 0 fully saturated rings. The highest BCUT2D eigenvalue weighted by atomic mass is 35.5. The minimum Gasteiger partial charge on any atom is -0.469 e. The lowest BCUT2D eigenvalue weighted by atomic mass is 10.1. The summed E-state index contributed by atoms with van der Waals surface area (Å²) in [6.07, 6.45) is 2.78. The van der Waals surface area contributed by atoms with Crippen LogP contribution in [0.5, 0.6) is 0 Å². The van der Waals surface area contributed by atoms with E-state index in [1.54, 1.807) is 23.9 Å². The first-order valence-electron chi connectivity index (χ1n) is 7.76. The zero-order valence-electron chi connectivity index (χ0n) is 14.0. The van der Waals surface area contributed by atoms with Crippen molar-refractivity contribution >= 4 is 52.7 Å². The van der Waals surface area contributed by atoms with Crippen LogP contribution in [0.1, 0.15) is 25.7 Å². The van der Waals surface area contributed by atoms with Crippen molar-refractivity contribution in [1.29, 1.82) is 5.26 Å². The second kappa shape index (κ2) is 11.9. The third-order valence-corrected chi connectivity index (χ3v) is 6.38. The lowest BCUT2D eigenvalue weighted by Crippen LogP contribution is -2.33. The van der Waals surface area contributed by atoms with E-state index in [1.807, 2.05) is 12.1 Å². The van der Waals surface area contributed by atoms with Gasteiger partial charge >= 0.3 is 5.97 Å². The first-order valence-corrected chi connectivity index (χ1v) is 10.7. The number of nitriles is 1. The van der Waals surface area contributed by atoms with Gasteiger partial charge in [-0.25, -0.2) is 0 Å². The topological polar surface area (TPSA) is 70.3 Å². The Morgan fingerprint density at radius 2 is 2.04 bits per heavy atom. The minimum absolute atomic E-state index is 0.202. The normalized spacial score (nSPS) is 13.1. The van der Waals surface area contributed by atoms with Crippen LogP contribution >= 0.6 is 46.7 Å². The smallest absolute Gasteiger partial charge is 0.309 e. The van der Waals surface area contributed by atoms with Gasteiger partial charge in [0, 0.05) is 15.7 Å². The van der Waals surface area contributed by atoms with Crippen molar-refractivity contribution in [3.8, 4) is 6.07 Å². The molecular formula is C17H21Cl2NO3S2. The van der Waals surface area contributed by atoms with Gasteiger partial charge < -0.3 is 9.84 Å². The number of halogens is 2. The Bertz CT molecular complexity index is 610. The number of methoxy groups -OCH3 is 1. The van der Waals surface area contributed by atoms with Crippen LogP contribution in [0.15, 0.2) is 23.1 Å². The summed E-state index contributed by atoms with van der Waals surface area (Å²) in [5, 5.41) is 20.3. The van der Waals surface area contributed by atoms with Crippen LogP contribution in [0.3, 0.4) is 0 Å². The van der Waals surface area contributed by atoms with E-state index in [4.69, 9.17) is 28.5 Å². The summed E-state index contributed by atoms with van der Waals surface area (Å²) in [5.41, 5.74) is -1.65. The van der Waals surface area contributed by atoms with E-state index >= 15 is 0 Å². The zero-order valence-corrected chi connectivity index (χ0v) is 17.1. The summed E-state index contributed by atoms with van der Waals surface area (Å²) in [5.74, 6) is 1.42. The van der Waals surface area contributed by atoms with Gasteiger partial charge in [0.15, 0.2) is 5.60 Å². The van der Waals surface area contributed by atoms with Gasteiger partial charge in [0.05, 0.1) is 24.6 Å². The third kappa shape index (κ3) is 9.07. The predicted molar refractivity (Wildman–Crippen MR) is 106 cm³/mol. The summed E-state index contributed by atoms with van der Waals surface area (Å²) >= 11 is 15.2. The van der Waals surface area contributed by atoms with E-state index in [0.717, 1.165) is 35.7 Å². The molecule has 25 heavy (non-hydrogen) atoms. The van der Waals surface area contributed by atoms with Crippen LogP contribution in [-0.2, 0) is 9.53 Å². The van der Waals surface area contributed by atoms with Crippen molar-refractivity contribution in [2.24, 2.45) is 0 Å². The van der Waals surface area contributed by atoms with Crippen molar-refractivity contribution in [1.82, 2.24) is 0 Å². The SMILES string of the molecule is COC(=O)CC(O)(C#N)CSCCCCCSc1ccc(Cl)cc1Cl. The Hall–Kier alpha value is -0.580. The number of aliphatic hydroxyl groups is 1. The van der Waals surface area contributed by atoms with Crippen LogP contribution < -0.4 is 0 Å². The zero-order chi connectivity index (χ0) is 18.7. The Morgan fingerprint density at radius 3 is 2.68 bits per heavy atom.